The molecule has 2 aromatic heterocycles. The van der Waals surface area contributed by atoms with Gasteiger partial charge in [-0.15, -0.1) is 0 Å². The first-order chi connectivity index (χ1) is 14.5. The fourth-order valence-corrected chi connectivity index (χ4v) is 4.19. The van der Waals surface area contributed by atoms with Crippen LogP contribution >= 0.6 is 0 Å². The first kappa shape index (κ1) is 20.3. The van der Waals surface area contributed by atoms with Gasteiger partial charge in [0.25, 0.3) is 5.91 Å². The van der Waals surface area contributed by atoms with Crippen molar-refractivity contribution in [1.29, 1.82) is 0 Å². The molecule has 0 saturated heterocycles. The standard InChI is InChI=1S/C24H27FN4O/c1-16(2)23-26-12-13-29(23)21-9-7-20(8-10-21)28-24(30)18-6-11-22(27-15-18)17-4-3-5-19(25)14-17/h3-6,11-16,20-21H,7-10H2,1-2H3,(H,28,30)/t20-,21-. The lowest BCUT2D eigenvalue weighted by molar-refractivity contribution is 0.0922. The monoisotopic (exact) mass is 406 g/mol. The van der Waals surface area contributed by atoms with Crippen LogP contribution in [0.4, 0.5) is 4.39 Å². The van der Waals surface area contributed by atoms with E-state index in [1.165, 1.54) is 12.1 Å². The number of hydrogen-bond donors (Lipinski definition) is 1. The van der Waals surface area contributed by atoms with Gasteiger partial charge in [0, 0.05) is 42.2 Å². The van der Waals surface area contributed by atoms with Gasteiger partial charge in [0.2, 0.25) is 0 Å². The number of hydrogen-bond acceptors (Lipinski definition) is 3. The maximum atomic E-state index is 13.4. The molecule has 1 aliphatic carbocycles. The van der Waals surface area contributed by atoms with Crippen molar-refractivity contribution in [3.8, 4) is 11.3 Å². The van der Waals surface area contributed by atoms with Crippen molar-refractivity contribution < 1.29 is 9.18 Å². The Morgan fingerprint density at radius 1 is 1.13 bits per heavy atom. The summed E-state index contributed by atoms with van der Waals surface area (Å²) >= 11 is 0. The Bertz CT molecular complexity index is 1000. The van der Waals surface area contributed by atoms with Crippen LogP contribution in [0.25, 0.3) is 11.3 Å². The molecule has 1 fully saturated rings. The van der Waals surface area contributed by atoms with Crippen molar-refractivity contribution in [3.63, 3.8) is 0 Å². The zero-order chi connectivity index (χ0) is 21.1. The third-order valence-corrected chi connectivity index (χ3v) is 5.79. The third kappa shape index (κ3) is 4.42. The van der Waals surface area contributed by atoms with E-state index in [9.17, 15) is 9.18 Å². The number of nitrogens with one attached hydrogen (secondary N) is 1. The maximum absolute atomic E-state index is 13.4. The number of halogens is 1. The molecule has 1 aliphatic rings. The number of pyridine rings is 1. The van der Waals surface area contributed by atoms with E-state index in [0.29, 0.717) is 28.8 Å². The summed E-state index contributed by atoms with van der Waals surface area (Å²) in [5.74, 6) is 1.12. The average Bonchev–Trinajstić information content (AvgIpc) is 3.25. The molecule has 30 heavy (non-hydrogen) atoms. The van der Waals surface area contributed by atoms with E-state index in [4.69, 9.17) is 0 Å². The molecule has 0 bridgehead atoms. The Morgan fingerprint density at radius 2 is 1.93 bits per heavy atom. The second-order valence-electron chi connectivity index (χ2n) is 8.27. The van der Waals surface area contributed by atoms with Gasteiger partial charge in [0.05, 0.1) is 11.3 Å². The van der Waals surface area contributed by atoms with Crippen LogP contribution in [-0.4, -0.2) is 26.5 Å². The van der Waals surface area contributed by atoms with Gasteiger partial charge in [0.15, 0.2) is 0 Å². The Kier molecular flexibility index (Phi) is 5.93. The molecule has 0 radical (unpaired) electrons. The third-order valence-electron chi connectivity index (χ3n) is 5.79. The van der Waals surface area contributed by atoms with Crippen LogP contribution in [0.3, 0.4) is 0 Å². The lowest BCUT2D eigenvalue weighted by Gasteiger charge is -2.31. The molecule has 4 rings (SSSR count). The summed E-state index contributed by atoms with van der Waals surface area (Å²) in [5.41, 5.74) is 1.86. The number of aromatic nitrogens is 3. The van der Waals surface area contributed by atoms with Gasteiger partial charge in [-0.3, -0.25) is 9.78 Å². The highest BCUT2D eigenvalue weighted by Crippen LogP contribution is 2.31. The minimum absolute atomic E-state index is 0.109. The SMILES string of the molecule is CC(C)c1nccn1[C@H]1CC[C@H](NC(=O)c2ccc(-c3cccc(F)c3)nc2)CC1. The molecule has 6 heteroatoms. The minimum atomic E-state index is -0.303. The molecule has 156 valence electrons. The fourth-order valence-electron chi connectivity index (χ4n) is 4.19. The number of nitrogens with zero attached hydrogens (tertiary/aromatic N) is 3. The van der Waals surface area contributed by atoms with Crippen LogP contribution < -0.4 is 5.32 Å². The lowest BCUT2D eigenvalue weighted by Crippen LogP contribution is -2.38. The van der Waals surface area contributed by atoms with Gasteiger partial charge in [-0.05, 0) is 49.9 Å². The normalized spacial score (nSPS) is 19.1. The van der Waals surface area contributed by atoms with E-state index in [0.717, 1.165) is 31.5 Å². The molecular weight excluding hydrogens is 379 g/mol. The first-order valence-corrected chi connectivity index (χ1v) is 10.6. The van der Waals surface area contributed by atoms with Crippen LogP contribution in [-0.2, 0) is 0 Å². The first-order valence-electron chi connectivity index (χ1n) is 10.6. The highest BCUT2D eigenvalue weighted by atomic mass is 19.1. The smallest absolute Gasteiger partial charge is 0.253 e. The molecule has 3 aromatic rings. The molecule has 1 aromatic carbocycles. The van der Waals surface area contributed by atoms with Crippen molar-refractivity contribution in [1.82, 2.24) is 19.9 Å². The van der Waals surface area contributed by atoms with Gasteiger partial charge in [-0.2, -0.15) is 0 Å². The number of amides is 1. The Morgan fingerprint density at radius 3 is 2.60 bits per heavy atom. The van der Waals surface area contributed by atoms with Crippen molar-refractivity contribution >= 4 is 5.91 Å². The highest BCUT2D eigenvalue weighted by Gasteiger charge is 2.25. The molecule has 2 heterocycles. The summed E-state index contributed by atoms with van der Waals surface area (Å²) in [5, 5.41) is 3.14. The highest BCUT2D eigenvalue weighted by molar-refractivity contribution is 5.94. The lowest BCUT2D eigenvalue weighted by atomic mass is 9.90. The van der Waals surface area contributed by atoms with Crippen molar-refractivity contribution in [2.75, 3.05) is 0 Å². The number of rotatable bonds is 5. The molecule has 0 aliphatic heterocycles. The van der Waals surface area contributed by atoms with Gasteiger partial charge in [0.1, 0.15) is 11.6 Å². The van der Waals surface area contributed by atoms with E-state index < -0.39 is 0 Å². The van der Waals surface area contributed by atoms with Crippen LogP contribution in [0.2, 0.25) is 0 Å². The number of benzene rings is 1. The van der Waals surface area contributed by atoms with E-state index in [-0.39, 0.29) is 17.8 Å². The second kappa shape index (κ2) is 8.78. The largest absolute Gasteiger partial charge is 0.349 e. The molecule has 0 atom stereocenters. The summed E-state index contributed by atoms with van der Waals surface area (Å²) in [6.07, 6.45) is 9.45. The molecule has 5 nitrogen and oxygen atoms in total. The van der Waals surface area contributed by atoms with Crippen LogP contribution in [0.5, 0.6) is 0 Å². The maximum Gasteiger partial charge on any atom is 0.253 e. The Balaban J connectivity index is 1.34. The van der Waals surface area contributed by atoms with Crippen molar-refractivity contribution in [3.05, 3.63) is 72.2 Å². The predicted octanol–water partition coefficient (Wildman–Crippen LogP) is 5.12. The summed E-state index contributed by atoms with van der Waals surface area (Å²) in [7, 11) is 0. The van der Waals surface area contributed by atoms with Gasteiger partial charge >= 0.3 is 0 Å². The topological polar surface area (TPSA) is 59.8 Å². The van der Waals surface area contributed by atoms with Crippen molar-refractivity contribution in [2.24, 2.45) is 0 Å². The molecule has 1 N–H and O–H groups in total. The van der Waals surface area contributed by atoms with Crippen molar-refractivity contribution in [2.45, 2.75) is 57.5 Å². The molecule has 0 unspecified atom stereocenters. The van der Waals surface area contributed by atoms with Crippen LogP contribution in [0, 0.1) is 5.82 Å². The van der Waals surface area contributed by atoms with E-state index in [2.05, 4.69) is 39.9 Å². The zero-order valence-electron chi connectivity index (χ0n) is 17.4. The van der Waals surface area contributed by atoms with Gasteiger partial charge in [-0.25, -0.2) is 9.37 Å². The van der Waals surface area contributed by atoms with Gasteiger partial charge in [-0.1, -0.05) is 26.0 Å². The van der Waals surface area contributed by atoms with E-state index >= 15 is 0 Å². The Hall–Kier alpha value is -3.02. The fraction of sp³-hybridized carbons (Fsp3) is 0.375. The van der Waals surface area contributed by atoms with Crippen LogP contribution in [0.1, 0.15) is 67.7 Å². The molecular formula is C24H27FN4O. The summed E-state index contributed by atoms with van der Waals surface area (Å²) in [6, 6.07) is 10.4. The Labute approximate surface area is 176 Å². The predicted molar refractivity (Wildman–Crippen MR) is 115 cm³/mol. The van der Waals surface area contributed by atoms with Gasteiger partial charge < -0.3 is 9.88 Å². The minimum Gasteiger partial charge on any atom is -0.349 e. The molecule has 0 spiro atoms. The van der Waals surface area contributed by atoms with E-state index in [1.54, 1.807) is 30.5 Å². The summed E-state index contributed by atoms with van der Waals surface area (Å²) in [4.78, 5) is 21.5. The quantitative estimate of drug-likeness (QED) is 0.640. The number of imidazole rings is 1. The number of carbonyl (C=O) groups excluding carboxylic acids is 1. The zero-order valence-corrected chi connectivity index (χ0v) is 17.4. The average molecular weight is 407 g/mol. The summed E-state index contributed by atoms with van der Waals surface area (Å²) < 4.78 is 15.7. The molecule has 1 saturated carbocycles. The summed E-state index contributed by atoms with van der Waals surface area (Å²) in [6.45, 7) is 4.33. The van der Waals surface area contributed by atoms with E-state index in [1.807, 2.05) is 6.20 Å². The second-order valence-corrected chi connectivity index (χ2v) is 8.27. The van der Waals surface area contributed by atoms with Crippen LogP contribution in [0.15, 0.2) is 55.0 Å². The molecule has 1 amide bonds. The number of carbonyl (C=O) groups is 1.